The number of hydrogen-bond acceptors (Lipinski definition) is 5. The van der Waals surface area contributed by atoms with Crippen LogP contribution in [-0.4, -0.2) is 45.7 Å². The van der Waals surface area contributed by atoms with Gasteiger partial charge in [0.05, 0.1) is 18.8 Å². The van der Waals surface area contributed by atoms with Crippen LogP contribution >= 0.6 is 0 Å². The fraction of sp³-hybridized carbons (Fsp3) is 0.731. The first-order valence-electron chi connectivity index (χ1n) is 11.8. The Labute approximate surface area is 186 Å². The molecule has 0 aromatic heterocycles. The Kier molecular flexibility index (Phi) is 7.19. The number of hydrogen-bond donors (Lipinski definition) is 3. The smallest absolute Gasteiger partial charge is 0.337 e. The second kappa shape index (κ2) is 9.21. The van der Waals surface area contributed by atoms with Gasteiger partial charge in [0, 0.05) is 6.42 Å². The van der Waals surface area contributed by atoms with Gasteiger partial charge in [-0.2, -0.15) is 0 Å². The second-order valence-electron chi connectivity index (χ2n) is 10.8. The Morgan fingerprint density at radius 2 is 2.03 bits per heavy atom. The van der Waals surface area contributed by atoms with E-state index in [1.54, 1.807) is 0 Å². The minimum atomic E-state index is -1.46. The van der Waals surface area contributed by atoms with Gasteiger partial charge in [0.15, 0.2) is 5.60 Å². The van der Waals surface area contributed by atoms with E-state index in [4.69, 9.17) is 4.74 Å². The molecule has 0 spiro atoms. The maximum Gasteiger partial charge on any atom is 0.337 e. The third-order valence-electron chi connectivity index (χ3n) is 7.97. The predicted octanol–water partition coefficient (Wildman–Crippen LogP) is 4.08. The van der Waals surface area contributed by atoms with Crippen LogP contribution in [0.1, 0.15) is 72.6 Å². The standard InChI is InChI=1S/C26H40O5/c1-16(15-31-24(29)25(3,4)30)21-10-11-22-18(7-6-12-26(21,22)5)8-9-19-13-20(27)14-23(28)17(19)2/h8-9,16,20-23,27-28,30H,2,6-7,10-15H2,1,3-5H3/b18-8+,19-9-/t16-,20+,21+,22-,23-,26+/m0/s1. The molecule has 174 valence electrons. The molecule has 3 N–H and O–H groups in total. The van der Waals surface area contributed by atoms with Gasteiger partial charge in [0.1, 0.15) is 0 Å². The highest BCUT2D eigenvalue weighted by Crippen LogP contribution is 2.59. The summed E-state index contributed by atoms with van der Waals surface area (Å²) in [6.07, 6.45) is 9.66. The molecule has 0 aromatic rings. The number of fused-ring (bicyclic) bond motifs is 1. The highest BCUT2D eigenvalue weighted by molar-refractivity contribution is 5.78. The minimum absolute atomic E-state index is 0.172. The number of ether oxygens (including phenoxy) is 1. The maximum atomic E-state index is 12.0. The Bertz CT molecular complexity index is 758. The highest BCUT2D eigenvalue weighted by Gasteiger charge is 2.50. The van der Waals surface area contributed by atoms with E-state index in [2.05, 4.69) is 32.6 Å². The third-order valence-corrected chi connectivity index (χ3v) is 7.97. The largest absolute Gasteiger partial charge is 0.463 e. The molecule has 31 heavy (non-hydrogen) atoms. The van der Waals surface area contributed by atoms with Crippen molar-refractivity contribution in [2.45, 2.75) is 90.4 Å². The van der Waals surface area contributed by atoms with Crippen molar-refractivity contribution in [3.05, 3.63) is 35.5 Å². The minimum Gasteiger partial charge on any atom is -0.463 e. The second-order valence-corrected chi connectivity index (χ2v) is 10.8. The van der Waals surface area contributed by atoms with Crippen molar-refractivity contribution in [3.63, 3.8) is 0 Å². The van der Waals surface area contributed by atoms with Crippen LogP contribution in [0.2, 0.25) is 0 Å². The third kappa shape index (κ3) is 5.15. The average molecular weight is 433 g/mol. The lowest BCUT2D eigenvalue weighted by Crippen LogP contribution is -2.39. The Morgan fingerprint density at radius 1 is 1.32 bits per heavy atom. The van der Waals surface area contributed by atoms with Crippen LogP contribution in [0.3, 0.4) is 0 Å². The number of aliphatic hydroxyl groups excluding tert-OH is 2. The summed E-state index contributed by atoms with van der Waals surface area (Å²) in [5.41, 5.74) is 1.85. The summed E-state index contributed by atoms with van der Waals surface area (Å²) >= 11 is 0. The molecule has 5 heteroatoms. The van der Waals surface area contributed by atoms with Crippen molar-refractivity contribution in [3.8, 4) is 0 Å². The summed E-state index contributed by atoms with van der Waals surface area (Å²) in [5.74, 6) is 0.647. The lowest BCUT2D eigenvalue weighted by molar-refractivity contribution is -0.164. The van der Waals surface area contributed by atoms with Crippen molar-refractivity contribution in [1.29, 1.82) is 0 Å². The van der Waals surface area contributed by atoms with Gasteiger partial charge in [-0.15, -0.1) is 0 Å². The molecule has 0 aliphatic heterocycles. The molecular weight excluding hydrogens is 392 g/mol. The predicted molar refractivity (Wildman–Crippen MR) is 121 cm³/mol. The van der Waals surface area contributed by atoms with Gasteiger partial charge in [-0.25, -0.2) is 4.79 Å². The molecule has 0 heterocycles. The number of esters is 1. The van der Waals surface area contributed by atoms with E-state index in [0.29, 0.717) is 31.3 Å². The van der Waals surface area contributed by atoms with Gasteiger partial charge in [-0.05, 0) is 86.7 Å². The molecule has 0 radical (unpaired) electrons. The molecule has 3 saturated carbocycles. The summed E-state index contributed by atoms with van der Waals surface area (Å²) in [6.45, 7) is 11.8. The molecule has 3 aliphatic carbocycles. The van der Waals surface area contributed by atoms with Crippen molar-refractivity contribution in [1.82, 2.24) is 0 Å². The Balaban J connectivity index is 1.72. The van der Waals surface area contributed by atoms with Gasteiger partial charge in [-0.3, -0.25) is 0 Å². The number of carbonyl (C=O) groups excluding carboxylic acids is 1. The van der Waals surface area contributed by atoms with Crippen LogP contribution in [0.15, 0.2) is 35.5 Å². The van der Waals surface area contributed by atoms with Gasteiger partial charge in [0.25, 0.3) is 0 Å². The Hall–Kier alpha value is -1.43. The van der Waals surface area contributed by atoms with Crippen molar-refractivity contribution >= 4 is 5.97 Å². The topological polar surface area (TPSA) is 87.0 Å². The summed E-state index contributed by atoms with van der Waals surface area (Å²) < 4.78 is 5.42. The van der Waals surface area contributed by atoms with Gasteiger partial charge in [0.2, 0.25) is 0 Å². The first-order chi connectivity index (χ1) is 14.4. The van der Waals surface area contributed by atoms with E-state index in [-0.39, 0.29) is 11.3 Å². The average Bonchev–Trinajstić information content (AvgIpc) is 3.04. The van der Waals surface area contributed by atoms with Crippen LogP contribution in [0, 0.1) is 23.2 Å². The lowest BCUT2D eigenvalue weighted by Gasteiger charge is -2.44. The summed E-state index contributed by atoms with van der Waals surface area (Å²) in [7, 11) is 0. The zero-order chi connectivity index (χ0) is 23.0. The summed E-state index contributed by atoms with van der Waals surface area (Å²) in [5, 5.41) is 30.0. The van der Waals surface area contributed by atoms with E-state index in [1.807, 2.05) is 0 Å². The molecule has 3 fully saturated rings. The molecule has 0 aromatic carbocycles. The molecule has 0 saturated heterocycles. The number of allylic oxidation sites excluding steroid dienone is 3. The molecule has 3 aliphatic rings. The van der Waals surface area contributed by atoms with E-state index < -0.39 is 23.8 Å². The SMILES string of the molecule is C=C1/C(=C\C=C2/CCC[C@]3(C)[C@@H]([C@@H](C)COC(=O)C(C)(C)O)CC[C@@H]23)C[C@@H](O)C[C@@H]1O. The van der Waals surface area contributed by atoms with Gasteiger partial charge in [-0.1, -0.05) is 38.2 Å². The molecule has 0 unspecified atom stereocenters. The molecular formula is C26H40O5. The van der Waals surface area contributed by atoms with Crippen LogP contribution in [0.4, 0.5) is 0 Å². The van der Waals surface area contributed by atoms with E-state index in [0.717, 1.165) is 36.8 Å². The first-order valence-corrected chi connectivity index (χ1v) is 11.8. The molecule has 6 atom stereocenters. The number of rotatable bonds is 5. The van der Waals surface area contributed by atoms with E-state index in [9.17, 15) is 20.1 Å². The monoisotopic (exact) mass is 432 g/mol. The zero-order valence-electron chi connectivity index (χ0n) is 19.6. The van der Waals surface area contributed by atoms with Crippen LogP contribution in [0.5, 0.6) is 0 Å². The fourth-order valence-corrected chi connectivity index (χ4v) is 6.18. The zero-order valence-corrected chi connectivity index (χ0v) is 19.6. The van der Waals surface area contributed by atoms with Crippen molar-refractivity contribution < 1.29 is 24.9 Å². The fourth-order valence-electron chi connectivity index (χ4n) is 6.18. The van der Waals surface area contributed by atoms with Crippen LogP contribution in [0.25, 0.3) is 0 Å². The number of carbonyl (C=O) groups is 1. The van der Waals surface area contributed by atoms with Crippen LogP contribution in [-0.2, 0) is 9.53 Å². The quantitative estimate of drug-likeness (QED) is 0.570. The summed E-state index contributed by atoms with van der Waals surface area (Å²) in [4.78, 5) is 12.0. The highest BCUT2D eigenvalue weighted by atomic mass is 16.5. The van der Waals surface area contributed by atoms with E-state index in [1.165, 1.54) is 25.8 Å². The molecule has 3 rings (SSSR count). The van der Waals surface area contributed by atoms with E-state index >= 15 is 0 Å². The molecule has 0 amide bonds. The molecule has 0 bridgehead atoms. The lowest BCUT2D eigenvalue weighted by atomic mass is 9.61. The van der Waals surface area contributed by atoms with Crippen molar-refractivity contribution in [2.24, 2.45) is 23.2 Å². The summed E-state index contributed by atoms with van der Waals surface area (Å²) in [6, 6.07) is 0. The normalized spacial score (nSPS) is 37.7. The first kappa shape index (κ1) is 24.2. The van der Waals surface area contributed by atoms with Crippen molar-refractivity contribution in [2.75, 3.05) is 6.61 Å². The maximum absolute atomic E-state index is 12.0. The van der Waals surface area contributed by atoms with Crippen LogP contribution < -0.4 is 0 Å². The van der Waals surface area contributed by atoms with Gasteiger partial charge >= 0.3 is 5.97 Å². The molecule has 5 nitrogen and oxygen atoms in total. The number of aliphatic hydroxyl groups is 3. The van der Waals surface area contributed by atoms with Gasteiger partial charge < -0.3 is 20.1 Å². The Morgan fingerprint density at radius 3 is 2.71 bits per heavy atom.